The second-order valence-corrected chi connectivity index (χ2v) is 16.9. The van der Waals surface area contributed by atoms with Crippen molar-refractivity contribution in [3.8, 4) is 0 Å². The van der Waals surface area contributed by atoms with Gasteiger partial charge in [-0.1, -0.05) is 0 Å². The summed E-state index contributed by atoms with van der Waals surface area (Å²) in [5.41, 5.74) is 0. The van der Waals surface area contributed by atoms with Crippen LogP contribution in [0, 0.1) is 0 Å². The summed E-state index contributed by atoms with van der Waals surface area (Å²) < 4.78 is 10.2. The van der Waals surface area contributed by atoms with E-state index in [2.05, 4.69) is 0 Å². The van der Waals surface area contributed by atoms with Gasteiger partial charge in [0.15, 0.2) is 0 Å². The van der Waals surface area contributed by atoms with E-state index in [1.54, 1.807) is 0 Å². The van der Waals surface area contributed by atoms with Crippen LogP contribution in [0.1, 0.15) is 12.8 Å². The van der Waals surface area contributed by atoms with E-state index >= 15 is 0 Å². The molecule has 0 aliphatic carbocycles. The first-order chi connectivity index (χ1) is 6.41. The summed E-state index contributed by atoms with van der Waals surface area (Å²) in [4.78, 5) is 30.1. The summed E-state index contributed by atoms with van der Waals surface area (Å²) in [6.45, 7) is 0. The van der Waals surface area contributed by atoms with E-state index in [4.69, 9.17) is 6.15 Å². The van der Waals surface area contributed by atoms with E-state index in [1.807, 2.05) is 19.8 Å². The molecule has 0 N–H and O–H groups in total. The molecule has 0 aromatic rings. The average molecular weight is 416 g/mol. The minimum atomic E-state index is -1.92. The molecular weight excluding hydrogens is 398 g/mol. The van der Waals surface area contributed by atoms with E-state index in [-0.39, 0.29) is 24.8 Å². The summed E-state index contributed by atoms with van der Waals surface area (Å²) >= 11 is -3.83. The molecule has 0 bridgehead atoms. The zero-order chi connectivity index (χ0) is 11.1. The first kappa shape index (κ1) is 14.5. The molecule has 4 nitrogen and oxygen atoms in total. The topological polar surface area (TPSA) is 52.6 Å². The molecule has 0 spiro atoms. The van der Waals surface area contributed by atoms with Crippen molar-refractivity contribution in [1.82, 2.24) is 0 Å². The minimum absolute atomic E-state index is 0.173. The zero-order valence-corrected chi connectivity index (χ0v) is 15.8. The van der Waals surface area contributed by atoms with Crippen LogP contribution >= 0.6 is 0 Å². The van der Waals surface area contributed by atoms with E-state index in [9.17, 15) is 9.59 Å². The predicted molar refractivity (Wildman–Crippen MR) is 59.2 cm³/mol. The Morgan fingerprint density at radius 1 is 0.857 bits per heavy atom. The fraction of sp³-hybridized carbons (Fsp3) is 0.750. The standard InChI is InChI=1S/C4H6O4.4CH3.2Sn.2H/c5-3(6)1-2-4(7)8;;;;;;;;/h1-2H2,(H,5,6)(H,7,8);4*1H3;;;;/q;;;;;2*+1;;/p-2. The Morgan fingerprint density at radius 3 is 1.36 bits per heavy atom. The fourth-order valence-corrected chi connectivity index (χ4v) is 4.52. The molecule has 0 atom stereocenters. The van der Waals surface area contributed by atoms with Crippen molar-refractivity contribution in [2.24, 2.45) is 0 Å². The maximum absolute atomic E-state index is 11.1. The summed E-state index contributed by atoms with van der Waals surface area (Å²) in [6, 6.07) is 0. The zero-order valence-electron chi connectivity index (χ0n) is 9.20. The molecule has 0 saturated heterocycles. The van der Waals surface area contributed by atoms with Crippen LogP contribution < -0.4 is 0 Å². The van der Waals surface area contributed by atoms with E-state index < -0.39 is 40.3 Å². The van der Waals surface area contributed by atoms with Crippen molar-refractivity contribution < 1.29 is 15.7 Å². The first-order valence-corrected chi connectivity index (χ1v) is 20.7. The predicted octanol–water partition coefficient (Wildman–Crippen LogP) is 0.820. The van der Waals surface area contributed by atoms with Gasteiger partial charge in [-0.2, -0.15) is 0 Å². The summed E-state index contributed by atoms with van der Waals surface area (Å²) in [7, 11) is 0. The third-order valence-corrected chi connectivity index (χ3v) is 5.46. The van der Waals surface area contributed by atoms with Gasteiger partial charge in [0.25, 0.3) is 0 Å². The van der Waals surface area contributed by atoms with E-state index in [0.717, 1.165) is 0 Å². The van der Waals surface area contributed by atoms with E-state index in [0.29, 0.717) is 0 Å². The van der Waals surface area contributed by atoms with Gasteiger partial charge in [0.2, 0.25) is 0 Å². The third-order valence-electron chi connectivity index (χ3n) is 1.27. The molecule has 0 aliphatic rings. The Hall–Kier alpha value is 0.537. The molecular formula is C8H18O4Sn2. The van der Waals surface area contributed by atoms with E-state index in [1.165, 1.54) is 0 Å². The van der Waals surface area contributed by atoms with Gasteiger partial charge < -0.3 is 0 Å². The van der Waals surface area contributed by atoms with Crippen LogP contribution in [0.5, 0.6) is 0 Å². The van der Waals surface area contributed by atoms with Crippen LogP contribution in [0.25, 0.3) is 0 Å². The van der Waals surface area contributed by atoms with Crippen molar-refractivity contribution in [2.45, 2.75) is 32.6 Å². The van der Waals surface area contributed by atoms with Crippen LogP contribution in [0.4, 0.5) is 0 Å². The summed E-state index contributed by atoms with van der Waals surface area (Å²) in [5.74, 6) is -0.488. The molecule has 0 aromatic carbocycles. The number of rotatable bonds is 5. The number of carbonyl (C=O) groups excluding carboxylic acids is 2. The van der Waals surface area contributed by atoms with Gasteiger partial charge in [0.1, 0.15) is 0 Å². The van der Waals surface area contributed by atoms with Gasteiger partial charge in [-0.25, -0.2) is 0 Å². The molecule has 0 unspecified atom stereocenters. The molecule has 0 saturated carbocycles. The molecule has 14 heavy (non-hydrogen) atoms. The molecule has 0 amide bonds. The average Bonchev–Trinajstić information content (AvgIpc) is 1.98. The molecule has 0 heterocycles. The SMILES string of the molecule is [CH3][SnH]([CH3])[O]C(=O)CCC(=O)[O][SnH]([CH3])[CH3]. The molecule has 6 heteroatoms. The quantitative estimate of drug-likeness (QED) is 0.624. The molecule has 0 rings (SSSR count). The van der Waals surface area contributed by atoms with Crippen LogP contribution in [0.3, 0.4) is 0 Å². The Balaban J connectivity index is 3.61. The normalized spacial score (nSPS) is 10.4. The van der Waals surface area contributed by atoms with Gasteiger partial charge in [0, 0.05) is 0 Å². The second-order valence-electron chi connectivity index (χ2n) is 3.58. The molecule has 0 aromatic heterocycles. The van der Waals surface area contributed by atoms with Crippen molar-refractivity contribution in [1.29, 1.82) is 0 Å². The Bertz CT molecular complexity index is 182. The number of carbonyl (C=O) groups is 2. The van der Waals surface area contributed by atoms with Gasteiger partial charge in [-0.15, -0.1) is 0 Å². The van der Waals surface area contributed by atoms with Crippen LogP contribution in [0.15, 0.2) is 0 Å². The molecule has 0 radical (unpaired) electrons. The van der Waals surface area contributed by atoms with Gasteiger partial charge >= 0.3 is 101 Å². The van der Waals surface area contributed by atoms with Crippen molar-refractivity contribution in [3.63, 3.8) is 0 Å². The van der Waals surface area contributed by atoms with Crippen molar-refractivity contribution >= 4 is 52.3 Å². The summed E-state index contributed by atoms with van der Waals surface area (Å²) in [5, 5.41) is 0. The van der Waals surface area contributed by atoms with Crippen LogP contribution in [-0.4, -0.2) is 52.3 Å². The Labute approximate surface area is 99.9 Å². The monoisotopic (exact) mass is 418 g/mol. The summed E-state index contributed by atoms with van der Waals surface area (Å²) in [6.07, 6.45) is 0.346. The molecule has 82 valence electrons. The van der Waals surface area contributed by atoms with Crippen LogP contribution in [0.2, 0.25) is 19.8 Å². The maximum atomic E-state index is 11.1. The first-order valence-electron chi connectivity index (χ1n) is 4.80. The molecule has 0 aliphatic heterocycles. The molecule has 0 fully saturated rings. The second kappa shape index (κ2) is 7.78. The number of hydrogen-bond donors (Lipinski definition) is 0. The van der Waals surface area contributed by atoms with Gasteiger partial charge in [-0.3, -0.25) is 0 Å². The van der Waals surface area contributed by atoms with Gasteiger partial charge in [0.05, 0.1) is 0 Å². The van der Waals surface area contributed by atoms with Crippen molar-refractivity contribution in [2.75, 3.05) is 0 Å². The van der Waals surface area contributed by atoms with Crippen molar-refractivity contribution in [3.05, 3.63) is 0 Å². The Kier molecular flexibility index (Phi) is 8.08. The number of hydrogen-bond acceptors (Lipinski definition) is 4. The van der Waals surface area contributed by atoms with Gasteiger partial charge in [-0.05, 0) is 0 Å². The Morgan fingerprint density at radius 2 is 1.14 bits per heavy atom. The fourth-order valence-electron chi connectivity index (χ4n) is 0.848. The van der Waals surface area contributed by atoms with Crippen LogP contribution in [-0.2, 0) is 15.7 Å². The third kappa shape index (κ3) is 9.11.